The van der Waals surface area contributed by atoms with Crippen molar-refractivity contribution in [1.82, 2.24) is 9.97 Å². The number of aromatic amines is 1. The summed E-state index contributed by atoms with van der Waals surface area (Å²) < 4.78 is -1.79. The number of halogens is 3. The van der Waals surface area contributed by atoms with E-state index in [0.717, 1.165) is 6.07 Å². The standard InChI is InChI=1S/C6H5Cl3N2O2/c7-6(8,9)5-10-3(2-12)1-4(13)11-5/h1,12H,2H2,(H,10,11,13). The summed E-state index contributed by atoms with van der Waals surface area (Å²) in [6.07, 6.45) is 0. The summed E-state index contributed by atoms with van der Waals surface area (Å²) in [5, 5.41) is 8.71. The van der Waals surface area contributed by atoms with E-state index >= 15 is 0 Å². The van der Waals surface area contributed by atoms with Crippen LogP contribution in [0.15, 0.2) is 10.9 Å². The molecule has 1 aromatic rings. The molecule has 0 saturated carbocycles. The maximum absolute atomic E-state index is 10.9. The highest BCUT2D eigenvalue weighted by Crippen LogP contribution is 2.35. The number of alkyl halides is 3. The molecule has 0 aliphatic carbocycles. The van der Waals surface area contributed by atoms with Crippen LogP contribution in [0.4, 0.5) is 0 Å². The molecule has 0 fully saturated rings. The molecular formula is C6H5Cl3N2O2. The molecule has 0 unspecified atom stereocenters. The third kappa shape index (κ3) is 2.84. The van der Waals surface area contributed by atoms with Gasteiger partial charge >= 0.3 is 0 Å². The Morgan fingerprint density at radius 1 is 1.54 bits per heavy atom. The van der Waals surface area contributed by atoms with Crippen molar-refractivity contribution in [3.8, 4) is 0 Å². The summed E-state index contributed by atoms with van der Waals surface area (Å²) in [6.45, 7) is -0.377. The average molecular weight is 243 g/mol. The number of rotatable bonds is 1. The van der Waals surface area contributed by atoms with E-state index in [2.05, 4.69) is 9.97 Å². The molecule has 0 aliphatic rings. The Morgan fingerprint density at radius 2 is 2.15 bits per heavy atom. The maximum atomic E-state index is 10.9. The van der Waals surface area contributed by atoms with Crippen LogP contribution in [0, 0.1) is 0 Å². The van der Waals surface area contributed by atoms with Gasteiger partial charge in [0.1, 0.15) is 0 Å². The number of H-pyrrole nitrogens is 1. The summed E-state index contributed by atoms with van der Waals surface area (Å²) >= 11 is 16.4. The second-order valence-corrected chi connectivity index (χ2v) is 4.52. The van der Waals surface area contributed by atoms with Gasteiger partial charge in [-0.05, 0) is 0 Å². The largest absolute Gasteiger partial charge is 0.390 e. The van der Waals surface area contributed by atoms with Crippen molar-refractivity contribution < 1.29 is 5.11 Å². The van der Waals surface area contributed by atoms with Gasteiger partial charge in [0.25, 0.3) is 5.56 Å². The molecule has 2 N–H and O–H groups in total. The molecule has 72 valence electrons. The predicted octanol–water partition coefficient (Wildman–Crippen LogP) is 1.09. The highest BCUT2D eigenvalue weighted by Gasteiger charge is 2.26. The lowest BCUT2D eigenvalue weighted by molar-refractivity contribution is 0.276. The Labute approximate surface area is 88.5 Å². The van der Waals surface area contributed by atoms with Gasteiger partial charge < -0.3 is 10.1 Å². The first-order valence-electron chi connectivity index (χ1n) is 3.22. The van der Waals surface area contributed by atoms with Crippen molar-refractivity contribution in [2.45, 2.75) is 10.4 Å². The minimum atomic E-state index is -1.79. The minimum Gasteiger partial charge on any atom is -0.390 e. The van der Waals surface area contributed by atoms with Crippen LogP contribution in [0.25, 0.3) is 0 Å². The van der Waals surface area contributed by atoms with E-state index in [-0.39, 0.29) is 18.1 Å². The number of hydrogen-bond donors (Lipinski definition) is 2. The SMILES string of the molecule is O=c1cc(CO)nc(C(Cl)(Cl)Cl)[nH]1. The molecule has 13 heavy (non-hydrogen) atoms. The quantitative estimate of drug-likeness (QED) is 0.726. The summed E-state index contributed by atoms with van der Waals surface area (Å²) in [5.41, 5.74) is -0.314. The fourth-order valence-electron chi connectivity index (χ4n) is 0.723. The zero-order chi connectivity index (χ0) is 10.1. The molecule has 0 aromatic carbocycles. The molecule has 1 aromatic heterocycles. The summed E-state index contributed by atoms with van der Waals surface area (Å²) in [7, 11) is 0. The second kappa shape index (κ2) is 3.84. The van der Waals surface area contributed by atoms with Gasteiger partial charge in [-0.3, -0.25) is 4.79 Å². The Morgan fingerprint density at radius 3 is 2.62 bits per heavy atom. The molecule has 0 saturated heterocycles. The zero-order valence-electron chi connectivity index (χ0n) is 6.22. The number of hydrogen-bond acceptors (Lipinski definition) is 3. The monoisotopic (exact) mass is 242 g/mol. The third-order valence-electron chi connectivity index (χ3n) is 1.23. The fraction of sp³-hybridized carbons (Fsp3) is 0.333. The number of aliphatic hydroxyl groups excluding tert-OH is 1. The molecule has 0 amide bonds. The van der Waals surface area contributed by atoms with Gasteiger partial charge in [-0.25, -0.2) is 4.98 Å². The number of nitrogens with zero attached hydrogens (tertiary/aromatic N) is 1. The number of aliphatic hydroxyl groups is 1. The Bertz CT molecular complexity index is 358. The van der Waals surface area contributed by atoms with Gasteiger partial charge in [0, 0.05) is 6.07 Å². The van der Waals surface area contributed by atoms with Gasteiger partial charge in [0.2, 0.25) is 3.79 Å². The fourth-order valence-corrected chi connectivity index (χ4v) is 0.992. The Kier molecular flexibility index (Phi) is 3.18. The van der Waals surface area contributed by atoms with E-state index in [1.54, 1.807) is 0 Å². The zero-order valence-corrected chi connectivity index (χ0v) is 8.49. The van der Waals surface area contributed by atoms with Crippen molar-refractivity contribution >= 4 is 34.8 Å². The van der Waals surface area contributed by atoms with Crippen LogP contribution in [0.3, 0.4) is 0 Å². The predicted molar refractivity (Wildman–Crippen MR) is 50.0 cm³/mol. The normalized spacial score (nSPS) is 11.7. The molecule has 1 heterocycles. The molecule has 0 spiro atoms. The van der Waals surface area contributed by atoms with Crippen LogP contribution in [0.5, 0.6) is 0 Å². The number of aromatic nitrogens is 2. The van der Waals surface area contributed by atoms with E-state index in [0.29, 0.717) is 0 Å². The van der Waals surface area contributed by atoms with Crippen molar-refractivity contribution in [3.05, 3.63) is 27.9 Å². The first-order chi connectivity index (χ1) is 5.93. The van der Waals surface area contributed by atoms with E-state index in [1.807, 2.05) is 0 Å². The second-order valence-electron chi connectivity index (χ2n) is 2.24. The molecule has 7 heteroatoms. The van der Waals surface area contributed by atoms with Crippen LogP contribution in [0.2, 0.25) is 0 Å². The average Bonchev–Trinajstić information content (AvgIpc) is 2.01. The smallest absolute Gasteiger partial charge is 0.251 e. The molecule has 0 bridgehead atoms. The van der Waals surface area contributed by atoms with Crippen molar-refractivity contribution in [2.24, 2.45) is 0 Å². The van der Waals surface area contributed by atoms with Gasteiger partial charge in [0.05, 0.1) is 12.3 Å². The van der Waals surface area contributed by atoms with E-state index < -0.39 is 9.35 Å². The van der Waals surface area contributed by atoms with Crippen LogP contribution in [0.1, 0.15) is 11.5 Å². The molecule has 4 nitrogen and oxygen atoms in total. The van der Waals surface area contributed by atoms with Gasteiger partial charge in [-0.15, -0.1) is 0 Å². The molecule has 1 rings (SSSR count). The van der Waals surface area contributed by atoms with E-state index in [1.165, 1.54) is 0 Å². The Hall–Kier alpha value is -0.290. The van der Waals surface area contributed by atoms with E-state index in [4.69, 9.17) is 39.9 Å². The first kappa shape index (κ1) is 10.8. The minimum absolute atomic E-state index is 0.103. The molecule has 0 aliphatic heterocycles. The van der Waals surface area contributed by atoms with Gasteiger partial charge in [0.15, 0.2) is 5.82 Å². The maximum Gasteiger partial charge on any atom is 0.251 e. The summed E-state index contributed by atoms with van der Waals surface area (Å²) in [6, 6.07) is 1.12. The lowest BCUT2D eigenvalue weighted by atomic mass is 10.4. The topological polar surface area (TPSA) is 66.0 Å². The summed E-state index contributed by atoms with van der Waals surface area (Å²) in [4.78, 5) is 16.9. The van der Waals surface area contributed by atoms with Crippen LogP contribution >= 0.6 is 34.8 Å². The summed E-state index contributed by atoms with van der Waals surface area (Å²) in [5.74, 6) is -0.103. The number of nitrogens with one attached hydrogen (secondary N) is 1. The van der Waals surface area contributed by atoms with Crippen molar-refractivity contribution in [3.63, 3.8) is 0 Å². The van der Waals surface area contributed by atoms with E-state index in [9.17, 15) is 4.79 Å². The van der Waals surface area contributed by atoms with Gasteiger partial charge in [-0.2, -0.15) is 0 Å². The van der Waals surface area contributed by atoms with Gasteiger partial charge in [-0.1, -0.05) is 34.8 Å². The molecular weight excluding hydrogens is 238 g/mol. The lowest BCUT2D eigenvalue weighted by Gasteiger charge is -2.09. The lowest BCUT2D eigenvalue weighted by Crippen LogP contribution is -2.17. The van der Waals surface area contributed by atoms with Crippen LogP contribution < -0.4 is 5.56 Å². The van der Waals surface area contributed by atoms with Crippen molar-refractivity contribution in [1.29, 1.82) is 0 Å². The van der Waals surface area contributed by atoms with Crippen LogP contribution in [-0.2, 0) is 10.4 Å². The highest BCUT2D eigenvalue weighted by atomic mass is 35.6. The molecule has 0 radical (unpaired) electrons. The first-order valence-corrected chi connectivity index (χ1v) is 4.35. The van der Waals surface area contributed by atoms with Crippen LogP contribution in [-0.4, -0.2) is 15.1 Å². The highest BCUT2D eigenvalue weighted by molar-refractivity contribution is 6.66. The third-order valence-corrected chi connectivity index (χ3v) is 1.76. The van der Waals surface area contributed by atoms with Crippen molar-refractivity contribution in [2.75, 3.05) is 0 Å². The Balaban J connectivity index is 3.24. The molecule has 0 atom stereocenters.